The Labute approximate surface area is 103 Å². The quantitative estimate of drug-likeness (QED) is 0.881. The van der Waals surface area contributed by atoms with Crippen molar-refractivity contribution in [2.24, 2.45) is 0 Å². The molecule has 0 spiro atoms. The molecule has 2 rings (SSSR count). The predicted molar refractivity (Wildman–Crippen MR) is 63.7 cm³/mol. The highest BCUT2D eigenvalue weighted by Crippen LogP contribution is 2.25. The summed E-state index contributed by atoms with van der Waals surface area (Å²) >= 11 is 0. The molecule has 0 aliphatic heterocycles. The number of halogens is 3. The molecule has 0 aliphatic carbocycles. The summed E-state index contributed by atoms with van der Waals surface area (Å²) in [5.74, 6) is -1.68. The maximum atomic E-state index is 13.7. The van der Waals surface area contributed by atoms with E-state index in [0.717, 1.165) is 6.07 Å². The summed E-state index contributed by atoms with van der Waals surface area (Å²) in [6.45, 7) is 0. The lowest BCUT2D eigenvalue weighted by molar-refractivity contribution is 0.549. The zero-order valence-electron chi connectivity index (χ0n) is 9.75. The van der Waals surface area contributed by atoms with Crippen molar-refractivity contribution in [3.63, 3.8) is 0 Å². The topological polar surface area (TPSA) is 12.0 Å². The molecule has 0 bridgehead atoms. The number of rotatable bonds is 3. The molecule has 0 heterocycles. The first-order valence-electron chi connectivity index (χ1n) is 5.49. The Hall–Kier alpha value is -1.81. The van der Waals surface area contributed by atoms with Crippen LogP contribution < -0.4 is 5.32 Å². The molecule has 0 aliphatic rings. The second-order valence-corrected chi connectivity index (χ2v) is 3.94. The Morgan fingerprint density at radius 2 is 1.67 bits per heavy atom. The highest BCUT2D eigenvalue weighted by atomic mass is 19.1. The van der Waals surface area contributed by atoms with Crippen molar-refractivity contribution in [3.8, 4) is 0 Å². The second kappa shape index (κ2) is 5.23. The molecule has 4 heteroatoms. The van der Waals surface area contributed by atoms with Crippen molar-refractivity contribution >= 4 is 0 Å². The Balaban J connectivity index is 2.45. The van der Waals surface area contributed by atoms with Gasteiger partial charge in [-0.3, -0.25) is 0 Å². The molecule has 1 atom stereocenters. The largest absolute Gasteiger partial charge is 0.309 e. The molecule has 0 aromatic heterocycles. The van der Waals surface area contributed by atoms with Crippen molar-refractivity contribution < 1.29 is 13.2 Å². The van der Waals surface area contributed by atoms with E-state index in [0.29, 0.717) is 5.56 Å². The maximum Gasteiger partial charge on any atom is 0.131 e. The molecular formula is C14H12F3N. The van der Waals surface area contributed by atoms with Crippen molar-refractivity contribution in [2.45, 2.75) is 6.04 Å². The van der Waals surface area contributed by atoms with Gasteiger partial charge in [0.2, 0.25) is 0 Å². The van der Waals surface area contributed by atoms with Gasteiger partial charge in [-0.1, -0.05) is 18.2 Å². The van der Waals surface area contributed by atoms with E-state index < -0.39 is 23.5 Å². The summed E-state index contributed by atoms with van der Waals surface area (Å²) in [6, 6.07) is 8.73. The van der Waals surface area contributed by atoms with E-state index in [4.69, 9.17) is 0 Å². The third kappa shape index (κ3) is 2.54. The Morgan fingerprint density at radius 1 is 0.944 bits per heavy atom. The molecule has 0 saturated carbocycles. The SMILES string of the molecule is CNC(c1cccc(F)c1)c1ccc(F)cc1F. The summed E-state index contributed by atoms with van der Waals surface area (Å²) in [6.07, 6.45) is 0. The van der Waals surface area contributed by atoms with Gasteiger partial charge in [0.1, 0.15) is 17.5 Å². The lowest BCUT2D eigenvalue weighted by Crippen LogP contribution is -2.19. The highest BCUT2D eigenvalue weighted by molar-refractivity contribution is 5.33. The Bertz CT molecular complexity index is 554. The average molecular weight is 251 g/mol. The first-order chi connectivity index (χ1) is 8.61. The van der Waals surface area contributed by atoms with Gasteiger partial charge >= 0.3 is 0 Å². The van der Waals surface area contributed by atoms with Crippen molar-refractivity contribution in [1.29, 1.82) is 0 Å². The number of nitrogens with one attached hydrogen (secondary N) is 1. The molecule has 2 aromatic carbocycles. The summed E-state index contributed by atoms with van der Waals surface area (Å²) in [5, 5.41) is 2.89. The third-order valence-electron chi connectivity index (χ3n) is 2.74. The van der Waals surface area contributed by atoms with Gasteiger partial charge in [0.05, 0.1) is 6.04 Å². The molecule has 2 aromatic rings. The lowest BCUT2D eigenvalue weighted by Gasteiger charge is -2.18. The number of hydrogen-bond donors (Lipinski definition) is 1. The molecule has 0 saturated heterocycles. The Kier molecular flexibility index (Phi) is 3.67. The zero-order chi connectivity index (χ0) is 13.1. The molecule has 1 N–H and O–H groups in total. The summed E-state index contributed by atoms with van der Waals surface area (Å²) in [7, 11) is 1.64. The molecule has 18 heavy (non-hydrogen) atoms. The Morgan fingerprint density at radius 3 is 2.28 bits per heavy atom. The first kappa shape index (κ1) is 12.6. The van der Waals surface area contributed by atoms with Crippen molar-refractivity contribution in [3.05, 3.63) is 71.0 Å². The summed E-state index contributed by atoms with van der Waals surface area (Å²) in [5.41, 5.74) is 0.868. The van der Waals surface area contributed by atoms with Crippen LogP contribution in [-0.4, -0.2) is 7.05 Å². The van der Waals surface area contributed by atoms with E-state index >= 15 is 0 Å². The lowest BCUT2D eigenvalue weighted by atomic mass is 9.98. The van der Waals surface area contributed by atoms with E-state index in [-0.39, 0.29) is 5.56 Å². The first-order valence-corrected chi connectivity index (χ1v) is 5.49. The van der Waals surface area contributed by atoms with Crippen LogP contribution >= 0.6 is 0 Å². The fourth-order valence-corrected chi connectivity index (χ4v) is 1.92. The van der Waals surface area contributed by atoms with Crippen LogP contribution in [0.5, 0.6) is 0 Å². The van der Waals surface area contributed by atoms with Crippen LogP contribution in [0.4, 0.5) is 13.2 Å². The van der Waals surface area contributed by atoms with Crippen LogP contribution in [0.25, 0.3) is 0 Å². The van der Waals surface area contributed by atoms with E-state index in [1.54, 1.807) is 19.2 Å². The fourth-order valence-electron chi connectivity index (χ4n) is 1.92. The van der Waals surface area contributed by atoms with Crippen LogP contribution in [0.15, 0.2) is 42.5 Å². The molecule has 1 unspecified atom stereocenters. The van der Waals surface area contributed by atoms with Gasteiger partial charge in [-0.25, -0.2) is 13.2 Å². The molecule has 94 valence electrons. The number of benzene rings is 2. The van der Waals surface area contributed by atoms with Gasteiger partial charge in [-0.2, -0.15) is 0 Å². The van der Waals surface area contributed by atoms with E-state index in [1.165, 1.54) is 24.3 Å². The van der Waals surface area contributed by atoms with Crippen LogP contribution in [0.2, 0.25) is 0 Å². The zero-order valence-corrected chi connectivity index (χ0v) is 9.75. The van der Waals surface area contributed by atoms with Gasteiger partial charge in [-0.05, 0) is 30.8 Å². The smallest absolute Gasteiger partial charge is 0.131 e. The summed E-state index contributed by atoms with van der Waals surface area (Å²) in [4.78, 5) is 0. The minimum Gasteiger partial charge on any atom is -0.309 e. The molecule has 0 fully saturated rings. The van der Waals surface area contributed by atoms with Gasteiger partial charge in [0.15, 0.2) is 0 Å². The predicted octanol–water partition coefficient (Wildman–Crippen LogP) is 3.41. The van der Waals surface area contributed by atoms with E-state index in [2.05, 4.69) is 5.32 Å². The van der Waals surface area contributed by atoms with Crippen LogP contribution in [0.1, 0.15) is 17.2 Å². The number of hydrogen-bond acceptors (Lipinski definition) is 1. The van der Waals surface area contributed by atoms with Crippen molar-refractivity contribution in [1.82, 2.24) is 5.32 Å². The fraction of sp³-hybridized carbons (Fsp3) is 0.143. The van der Waals surface area contributed by atoms with Crippen LogP contribution in [0.3, 0.4) is 0 Å². The second-order valence-electron chi connectivity index (χ2n) is 3.94. The highest BCUT2D eigenvalue weighted by Gasteiger charge is 2.16. The summed E-state index contributed by atoms with van der Waals surface area (Å²) < 4.78 is 39.7. The minimum atomic E-state index is -0.654. The minimum absolute atomic E-state index is 0.282. The van der Waals surface area contributed by atoms with Gasteiger partial charge in [-0.15, -0.1) is 0 Å². The molecule has 0 amide bonds. The van der Waals surface area contributed by atoms with Gasteiger partial charge in [0, 0.05) is 11.6 Å². The maximum absolute atomic E-state index is 13.7. The normalized spacial score (nSPS) is 12.4. The van der Waals surface area contributed by atoms with Crippen LogP contribution in [0, 0.1) is 17.5 Å². The third-order valence-corrected chi connectivity index (χ3v) is 2.74. The van der Waals surface area contributed by atoms with E-state index in [1.807, 2.05) is 0 Å². The molecule has 0 radical (unpaired) electrons. The van der Waals surface area contributed by atoms with Gasteiger partial charge in [0.25, 0.3) is 0 Å². The van der Waals surface area contributed by atoms with Crippen molar-refractivity contribution in [2.75, 3.05) is 7.05 Å². The van der Waals surface area contributed by atoms with Gasteiger partial charge < -0.3 is 5.32 Å². The standard InChI is InChI=1S/C14H12F3N/c1-18-14(9-3-2-4-10(15)7-9)12-6-5-11(16)8-13(12)17/h2-8,14,18H,1H3. The monoisotopic (exact) mass is 251 g/mol. The van der Waals surface area contributed by atoms with Crippen LogP contribution in [-0.2, 0) is 0 Å². The molecular weight excluding hydrogens is 239 g/mol. The van der Waals surface area contributed by atoms with E-state index in [9.17, 15) is 13.2 Å². The molecule has 1 nitrogen and oxygen atoms in total. The average Bonchev–Trinajstić information content (AvgIpc) is 2.33.